The maximum atomic E-state index is 2.56. The molecule has 0 atom stereocenters. The molecular formula is C34H28B2. The molecule has 0 bridgehead atoms. The lowest BCUT2D eigenvalue weighted by atomic mass is 9.25. The first-order valence-electron chi connectivity index (χ1n) is 14.0. The van der Waals surface area contributed by atoms with E-state index in [1.165, 1.54) is 25.7 Å². The third kappa shape index (κ3) is 2.53. The smallest absolute Gasteiger partial charge is 0.0847 e. The number of hydrogen-bond acceptors (Lipinski definition) is 0. The summed E-state index contributed by atoms with van der Waals surface area (Å²) in [5.74, 6) is 0. The van der Waals surface area contributed by atoms with Gasteiger partial charge in [-0.15, -0.1) is 0 Å². The quantitative estimate of drug-likeness (QED) is 0.443. The van der Waals surface area contributed by atoms with Gasteiger partial charge in [-0.3, -0.25) is 0 Å². The van der Waals surface area contributed by atoms with Crippen LogP contribution in [0.2, 0.25) is 0 Å². The molecule has 0 N–H and O–H groups in total. The van der Waals surface area contributed by atoms with E-state index >= 15 is 0 Å². The first-order valence-corrected chi connectivity index (χ1v) is 14.0. The van der Waals surface area contributed by atoms with E-state index in [9.17, 15) is 0 Å². The van der Waals surface area contributed by atoms with Gasteiger partial charge in [0, 0.05) is 0 Å². The van der Waals surface area contributed by atoms with Crippen LogP contribution in [0.25, 0.3) is 0 Å². The molecule has 0 saturated carbocycles. The maximum absolute atomic E-state index is 2.56. The summed E-state index contributed by atoms with van der Waals surface area (Å²) < 4.78 is 0. The molecule has 0 fully saturated rings. The third-order valence-corrected chi connectivity index (χ3v) is 10.1. The summed E-state index contributed by atoms with van der Waals surface area (Å²) in [5.41, 5.74) is 22.7. The molecule has 0 amide bonds. The van der Waals surface area contributed by atoms with Crippen LogP contribution in [-0.2, 0) is 25.7 Å². The van der Waals surface area contributed by atoms with E-state index in [0.717, 1.165) is 25.7 Å². The van der Waals surface area contributed by atoms with Crippen molar-refractivity contribution in [2.24, 2.45) is 0 Å². The molecule has 0 spiro atoms. The molecule has 0 nitrogen and oxygen atoms in total. The van der Waals surface area contributed by atoms with Crippen LogP contribution in [0.4, 0.5) is 0 Å². The number of rotatable bonds is 0. The van der Waals surface area contributed by atoms with Crippen molar-refractivity contribution >= 4 is 35.3 Å². The largest absolute Gasteiger partial charge is 0.242 e. The molecule has 0 unspecified atom stereocenters. The monoisotopic (exact) mass is 458 g/mol. The van der Waals surface area contributed by atoms with Crippen molar-refractivity contribution in [3.05, 3.63) is 128 Å². The van der Waals surface area contributed by atoms with E-state index in [4.69, 9.17) is 0 Å². The van der Waals surface area contributed by atoms with Crippen molar-refractivity contribution in [3.63, 3.8) is 0 Å². The molecule has 2 aliphatic carbocycles. The Kier molecular flexibility index (Phi) is 3.95. The highest BCUT2D eigenvalue weighted by Crippen LogP contribution is 2.39. The fourth-order valence-corrected chi connectivity index (χ4v) is 8.68. The summed E-state index contributed by atoms with van der Waals surface area (Å²) in [5, 5.41) is 0. The van der Waals surface area contributed by atoms with Gasteiger partial charge in [0.1, 0.15) is 0 Å². The summed E-state index contributed by atoms with van der Waals surface area (Å²) in [6.07, 6.45) is 16.9. The topological polar surface area (TPSA) is 0 Å². The molecular weight excluding hydrogens is 430 g/mol. The van der Waals surface area contributed by atoms with Crippen LogP contribution in [0.15, 0.2) is 100 Å². The van der Waals surface area contributed by atoms with Crippen LogP contribution in [0, 0.1) is 0 Å². The van der Waals surface area contributed by atoms with Gasteiger partial charge in [0.15, 0.2) is 0 Å². The zero-order valence-electron chi connectivity index (χ0n) is 20.7. The van der Waals surface area contributed by atoms with Crippen molar-refractivity contribution in [2.75, 3.05) is 0 Å². The van der Waals surface area contributed by atoms with Crippen molar-refractivity contribution in [1.82, 2.24) is 0 Å². The van der Waals surface area contributed by atoms with E-state index in [0.29, 0.717) is 13.4 Å². The van der Waals surface area contributed by atoms with Crippen LogP contribution < -0.4 is 21.9 Å². The zero-order valence-corrected chi connectivity index (χ0v) is 20.7. The van der Waals surface area contributed by atoms with Crippen LogP contribution in [0.3, 0.4) is 0 Å². The van der Waals surface area contributed by atoms with Crippen LogP contribution >= 0.6 is 0 Å². The van der Waals surface area contributed by atoms with Crippen molar-refractivity contribution in [1.29, 1.82) is 0 Å². The fourth-order valence-electron chi connectivity index (χ4n) is 8.68. The summed E-state index contributed by atoms with van der Waals surface area (Å²) >= 11 is 0. The first-order chi connectivity index (χ1) is 17.8. The molecule has 0 saturated heterocycles. The summed E-state index contributed by atoms with van der Waals surface area (Å²) in [7, 11) is 0. The van der Waals surface area contributed by atoms with E-state index in [1.807, 2.05) is 0 Å². The van der Waals surface area contributed by atoms with Gasteiger partial charge in [0.2, 0.25) is 13.4 Å². The molecule has 4 aliphatic heterocycles. The van der Waals surface area contributed by atoms with Gasteiger partial charge in [-0.05, 0) is 73.6 Å². The van der Waals surface area contributed by atoms with Crippen LogP contribution in [0.1, 0.15) is 53.5 Å². The predicted octanol–water partition coefficient (Wildman–Crippen LogP) is 4.22. The summed E-state index contributed by atoms with van der Waals surface area (Å²) in [4.78, 5) is 0. The van der Waals surface area contributed by atoms with Gasteiger partial charge >= 0.3 is 0 Å². The minimum atomic E-state index is 0.416. The fraction of sp³-hybridized carbons (Fsp3) is 0.235. The summed E-state index contributed by atoms with van der Waals surface area (Å²) in [6, 6.07) is 21.6. The Bertz CT molecular complexity index is 1640. The molecule has 3 aromatic rings. The second-order valence-corrected chi connectivity index (χ2v) is 11.8. The van der Waals surface area contributed by atoms with Gasteiger partial charge in [-0.25, -0.2) is 0 Å². The van der Waals surface area contributed by atoms with Crippen LogP contribution in [0.5, 0.6) is 0 Å². The van der Waals surface area contributed by atoms with Crippen molar-refractivity contribution in [3.8, 4) is 0 Å². The van der Waals surface area contributed by atoms with E-state index in [1.54, 1.807) is 77.3 Å². The SMILES string of the molecule is C1=CC2=C(CC1)Cc1cccc3c1B2c1ccc2c(c1C3)B1C3=C(CCC=C3C2)Cc2ccccc21. The van der Waals surface area contributed by atoms with Gasteiger partial charge in [0.25, 0.3) is 0 Å². The van der Waals surface area contributed by atoms with E-state index in [-0.39, 0.29) is 0 Å². The van der Waals surface area contributed by atoms with Crippen LogP contribution in [-0.4, -0.2) is 13.4 Å². The standard InChI is InChI=1S/C34H28B2/c1-3-13-29-21(7-1)17-23-9-6-12-26-20-28-31(35(29)32(23)26)16-15-27-19-25-11-5-10-24-18-22-8-2-4-14-30(22)36(33(24)25)34(27)28/h2-4,6,8-9,11-16H,1,5,7,10,17-20H2. The molecule has 170 valence electrons. The van der Waals surface area contributed by atoms with E-state index in [2.05, 4.69) is 72.8 Å². The molecule has 3 aromatic carbocycles. The lowest BCUT2D eigenvalue weighted by Crippen LogP contribution is -2.61. The van der Waals surface area contributed by atoms with Gasteiger partial charge in [-0.1, -0.05) is 128 Å². The molecule has 6 aliphatic rings. The minimum absolute atomic E-state index is 0.416. The van der Waals surface area contributed by atoms with E-state index < -0.39 is 0 Å². The number of hydrogen-bond donors (Lipinski definition) is 0. The Morgan fingerprint density at radius 1 is 0.583 bits per heavy atom. The second kappa shape index (κ2) is 7.16. The molecule has 0 aromatic heterocycles. The molecule has 4 heterocycles. The second-order valence-electron chi connectivity index (χ2n) is 11.8. The zero-order chi connectivity index (χ0) is 23.4. The Morgan fingerprint density at radius 2 is 1.39 bits per heavy atom. The van der Waals surface area contributed by atoms with Crippen molar-refractivity contribution in [2.45, 2.75) is 51.4 Å². The molecule has 36 heavy (non-hydrogen) atoms. The van der Waals surface area contributed by atoms with Gasteiger partial charge in [-0.2, -0.15) is 0 Å². The Labute approximate surface area is 214 Å². The first kappa shape index (κ1) is 19.9. The molecule has 9 rings (SSSR count). The maximum Gasteiger partial charge on any atom is 0.242 e. The Hall–Kier alpha value is -3.25. The molecule has 0 radical (unpaired) electrons. The lowest BCUT2D eigenvalue weighted by molar-refractivity contribution is 0.873. The highest BCUT2D eigenvalue weighted by molar-refractivity contribution is 6.96. The number of benzene rings is 3. The van der Waals surface area contributed by atoms with Gasteiger partial charge < -0.3 is 0 Å². The lowest BCUT2D eigenvalue weighted by Gasteiger charge is -2.42. The van der Waals surface area contributed by atoms with Gasteiger partial charge in [0.05, 0.1) is 0 Å². The third-order valence-electron chi connectivity index (χ3n) is 10.1. The highest BCUT2D eigenvalue weighted by atomic mass is 14.3. The normalized spacial score (nSPS) is 20.2. The highest BCUT2D eigenvalue weighted by Gasteiger charge is 2.44. The molecule has 2 heteroatoms. The van der Waals surface area contributed by atoms with Crippen molar-refractivity contribution < 1.29 is 0 Å². The summed E-state index contributed by atoms with van der Waals surface area (Å²) in [6.45, 7) is 0.833. The Balaban J connectivity index is 1.34. The number of fused-ring (bicyclic) bond motifs is 8. The average Bonchev–Trinajstić information content (AvgIpc) is 2.92. The number of allylic oxidation sites excluding steroid dienone is 8. The predicted molar refractivity (Wildman–Crippen MR) is 153 cm³/mol. The average molecular weight is 458 g/mol. The Morgan fingerprint density at radius 3 is 2.36 bits per heavy atom. The minimum Gasteiger partial charge on any atom is -0.0847 e.